The second kappa shape index (κ2) is 4.64. The fourth-order valence-electron chi connectivity index (χ4n) is 2.75. The molecule has 3 nitrogen and oxygen atoms in total. The second-order valence-corrected chi connectivity index (χ2v) is 6.08. The van der Waals surface area contributed by atoms with Crippen molar-refractivity contribution in [3.63, 3.8) is 0 Å². The molecule has 0 aromatic heterocycles. The molecule has 0 spiro atoms. The Morgan fingerprint density at radius 3 is 2.56 bits per heavy atom. The Labute approximate surface area is 98.9 Å². The van der Waals surface area contributed by atoms with Crippen LogP contribution in [0, 0.1) is 11.3 Å². The maximum atomic E-state index is 5.89. The fourth-order valence-corrected chi connectivity index (χ4v) is 2.75. The lowest BCUT2D eigenvalue weighted by atomic mass is 9.82. The maximum absolute atomic E-state index is 5.89. The van der Waals surface area contributed by atoms with Crippen LogP contribution in [0.3, 0.4) is 0 Å². The van der Waals surface area contributed by atoms with Crippen molar-refractivity contribution in [1.29, 1.82) is 0 Å². The van der Waals surface area contributed by atoms with Crippen LogP contribution < -0.4 is 11.1 Å². The van der Waals surface area contributed by atoms with Crippen LogP contribution in [-0.4, -0.2) is 18.5 Å². The molecule has 1 unspecified atom stereocenters. The van der Waals surface area contributed by atoms with Crippen molar-refractivity contribution < 1.29 is 0 Å². The van der Waals surface area contributed by atoms with Crippen LogP contribution in [0.4, 0.5) is 0 Å². The van der Waals surface area contributed by atoms with Crippen LogP contribution in [-0.2, 0) is 0 Å². The number of nitrogens with two attached hydrogens (primary N) is 1. The van der Waals surface area contributed by atoms with Gasteiger partial charge < -0.3 is 11.1 Å². The highest BCUT2D eigenvalue weighted by Gasteiger charge is 2.34. The van der Waals surface area contributed by atoms with Gasteiger partial charge >= 0.3 is 0 Å². The second-order valence-electron chi connectivity index (χ2n) is 6.08. The van der Waals surface area contributed by atoms with Gasteiger partial charge in [-0.2, -0.15) is 0 Å². The van der Waals surface area contributed by atoms with Crippen molar-refractivity contribution in [1.82, 2.24) is 5.32 Å². The van der Waals surface area contributed by atoms with Crippen LogP contribution in [0.5, 0.6) is 0 Å². The minimum atomic E-state index is 0.459. The molecule has 0 aromatic rings. The molecule has 2 saturated carbocycles. The van der Waals surface area contributed by atoms with Gasteiger partial charge in [0.05, 0.1) is 0 Å². The quantitative estimate of drug-likeness (QED) is 0.569. The number of nitrogens with one attached hydrogen (secondary N) is 1. The normalized spacial score (nSPS) is 30.1. The van der Waals surface area contributed by atoms with Crippen molar-refractivity contribution in [3.05, 3.63) is 0 Å². The van der Waals surface area contributed by atoms with E-state index in [4.69, 9.17) is 5.73 Å². The SMILES string of the molecule is CC1(C)CCCC1CN=C(N)NC1CCC1. The lowest BCUT2D eigenvalue weighted by Crippen LogP contribution is -2.44. The number of guanidine groups is 1. The van der Waals surface area contributed by atoms with E-state index in [1.165, 1.54) is 38.5 Å². The van der Waals surface area contributed by atoms with Gasteiger partial charge in [0.25, 0.3) is 0 Å². The Morgan fingerprint density at radius 2 is 2.06 bits per heavy atom. The lowest BCUT2D eigenvalue weighted by molar-refractivity contribution is 0.267. The molecule has 16 heavy (non-hydrogen) atoms. The van der Waals surface area contributed by atoms with Crippen molar-refractivity contribution in [2.75, 3.05) is 6.54 Å². The average molecular weight is 223 g/mol. The summed E-state index contributed by atoms with van der Waals surface area (Å²) in [5, 5.41) is 3.30. The van der Waals surface area contributed by atoms with Gasteiger partial charge in [-0.1, -0.05) is 20.3 Å². The summed E-state index contributed by atoms with van der Waals surface area (Å²) in [7, 11) is 0. The molecule has 0 amide bonds. The molecule has 2 aliphatic rings. The molecule has 0 saturated heterocycles. The summed E-state index contributed by atoms with van der Waals surface area (Å²) in [5.74, 6) is 1.38. The first-order valence-corrected chi connectivity index (χ1v) is 6.64. The van der Waals surface area contributed by atoms with Gasteiger partial charge in [0.2, 0.25) is 0 Å². The Bertz CT molecular complexity index is 266. The number of aliphatic imine (C=N–C) groups is 1. The molecule has 0 aromatic carbocycles. The van der Waals surface area contributed by atoms with Crippen molar-refractivity contribution in [2.45, 2.75) is 58.4 Å². The summed E-state index contributed by atoms with van der Waals surface area (Å²) in [6.07, 6.45) is 7.84. The molecule has 2 aliphatic carbocycles. The minimum absolute atomic E-state index is 0.459. The van der Waals surface area contributed by atoms with Crippen LogP contribution in [0.25, 0.3) is 0 Å². The first-order chi connectivity index (χ1) is 7.58. The third-order valence-corrected chi connectivity index (χ3v) is 4.42. The molecule has 2 fully saturated rings. The topological polar surface area (TPSA) is 50.4 Å². The summed E-state index contributed by atoms with van der Waals surface area (Å²) in [5.41, 5.74) is 6.35. The zero-order valence-corrected chi connectivity index (χ0v) is 10.6. The molecular weight excluding hydrogens is 198 g/mol. The third-order valence-electron chi connectivity index (χ3n) is 4.42. The van der Waals surface area contributed by atoms with Crippen molar-refractivity contribution >= 4 is 5.96 Å². The summed E-state index contributed by atoms with van der Waals surface area (Å²) < 4.78 is 0. The van der Waals surface area contributed by atoms with Gasteiger partial charge in [0.1, 0.15) is 0 Å². The van der Waals surface area contributed by atoms with Crippen LogP contribution in [0.15, 0.2) is 4.99 Å². The zero-order valence-electron chi connectivity index (χ0n) is 10.6. The van der Waals surface area contributed by atoms with Gasteiger partial charge in [-0.25, -0.2) is 0 Å². The summed E-state index contributed by atoms with van der Waals surface area (Å²) in [4.78, 5) is 4.51. The van der Waals surface area contributed by atoms with E-state index < -0.39 is 0 Å². The highest BCUT2D eigenvalue weighted by molar-refractivity contribution is 5.78. The Balaban J connectivity index is 1.78. The number of nitrogens with zero attached hydrogens (tertiary/aromatic N) is 1. The first-order valence-electron chi connectivity index (χ1n) is 6.64. The van der Waals surface area contributed by atoms with Gasteiger partial charge in [0, 0.05) is 12.6 Å². The van der Waals surface area contributed by atoms with E-state index in [9.17, 15) is 0 Å². The lowest BCUT2D eigenvalue weighted by Gasteiger charge is -2.28. The van der Waals surface area contributed by atoms with E-state index in [1.54, 1.807) is 0 Å². The predicted molar refractivity (Wildman–Crippen MR) is 68.4 cm³/mol. The molecule has 1 atom stereocenters. The highest BCUT2D eigenvalue weighted by Crippen LogP contribution is 2.42. The van der Waals surface area contributed by atoms with E-state index in [0.29, 0.717) is 23.3 Å². The number of hydrogen-bond donors (Lipinski definition) is 2. The van der Waals surface area contributed by atoms with Crippen LogP contribution in [0.2, 0.25) is 0 Å². The average Bonchev–Trinajstić information content (AvgIpc) is 2.48. The van der Waals surface area contributed by atoms with E-state index in [2.05, 4.69) is 24.2 Å². The van der Waals surface area contributed by atoms with Crippen LogP contribution >= 0.6 is 0 Å². The van der Waals surface area contributed by atoms with Gasteiger partial charge in [-0.15, -0.1) is 0 Å². The Hall–Kier alpha value is -0.730. The summed E-state index contributed by atoms with van der Waals surface area (Å²) >= 11 is 0. The summed E-state index contributed by atoms with van der Waals surface area (Å²) in [6.45, 7) is 5.62. The third kappa shape index (κ3) is 2.69. The Kier molecular flexibility index (Phi) is 3.41. The number of hydrogen-bond acceptors (Lipinski definition) is 1. The van der Waals surface area contributed by atoms with E-state index >= 15 is 0 Å². The largest absolute Gasteiger partial charge is 0.370 e. The molecule has 0 radical (unpaired) electrons. The first kappa shape index (κ1) is 11.7. The minimum Gasteiger partial charge on any atom is -0.370 e. The molecule has 0 aliphatic heterocycles. The molecule has 3 heteroatoms. The summed E-state index contributed by atoms with van der Waals surface area (Å²) in [6, 6.07) is 0.598. The zero-order chi connectivity index (χ0) is 11.6. The predicted octanol–water partition coefficient (Wildman–Crippen LogP) is 2.27. The molecular formula is C13H25N3. The van der Waals surface area contributed by atoms with Gasteiger partial charge in [0.15, 0.2) is 5.96 Å². The van der Waals surface area contributed by atoms with E-state index in [-0.39, 0.29) is 0 Å². The van der Waals surface area contributed by atoms with Gasteiger partial charge in [-0.05, 0) is 43.4 Å². The van der Waals surface area contributed by atoms with Crippen molar-refractivity contribution in [3.8, 4) is 0 Å². The highest BCUT2D eigenvalue weighted by atomic mass is 15.1. The fraction of sp³-hybridized carbons (Fsp3) is 0.923. The van der Waals surface area contributed by atoms with Crippen molar-refractivity contribution in [2.24, 2.45) is 22.1 Å². The number of rotatable bonds is 3. The Morgan fingerprint density at radius 1 is 1.31 bits per heavy atom. The van der Waals surface area contributed by atoms with Crippen LogP contribution in [0.1, 0.15) is 52.4 Å². The van der Waals surface area contributed by atoms with Gasteiger partial charge in [-0.3, -0.25) is 4.99 Å². The van der Waals surface area contributed by atoms with E-state index in [1.807, 2.05) is 0 Å². The smallest absolute Gasteiger partial charge is 0.188 e. The molecule has 3 N–H and O–H groups in total. The standard InChI is InChI=1S/C13H25N3/c1-13(2)8-4-5-10(13)9-15-12(14)16-11-6-3-7-11/h10-11H,3-9H2,1-2H3,(H3,14,15,16). The maximum Gasteiger partial charge on any atom is 0.188 e. The molecule has 0 heterocycles. The molecule has 0 bridgehead atoms. The molecule has 92 valence electrons. The monoisotopic (exact) mass is 223 g/mol. The molecule has 2 rings (SSSR count). The van der Waals surface area contributed by atoms with E-state index in [0.717, 1.165) is 6.54 Å².